The maximum absolute atomic E-state index is 12.3. The van der Waals surface area contributed by atoms with Gasteiger partial charge in [0.1, 0.15) is 0 Å². The molecule has 0 saturated heterocycles. The first-order valence-corrected chi connectivity index (χ1v) is 9.35. The molecule has 0 spiro atoms. The maximum Gasteiger partial charge on any atom is 0.224 e. The molecule has 3 aromatic rings. The number of anilines is 1. The predicted molar refractivity (Wildman–Crippen MR) is 114 cm³/mol. The molecule has 3 nitrogen and oxygen atoms in total. The first-order valence-electron chi connectivity index (χ1n) is 9.35. The van der Waals surface area contributed by atoms with Gasteiger partial charge < -0.3 is 5.32 Å². The van der Waals surface area contributed by atoms with E-state index in [1.807, 2.05) is 36.4 Å². The van der Waals surface area contributed by atoms with Crippen LogP contribution in [0, 0.1) is 0 Å². The molecular weight excluding hydrogens is 346 g/mol. The number of allylic oxidation sites excluding steroid dienone is 1. The van der Waals surface area contributed by atoms with E-state index in [2.05, 4.69) is 35.7 Å². The number of ketones is 1. The van der Waals surface area contributed by atoms with Gasteiger partial charge in [-0.3, -0.25) is 9.59 Å². The molecule has 0 heterocycles. The molecule has 3 heteroatoms. The van der Waals surface area contributed by atoms with Crippen LogP contribution >= 0.6 is 0 Å². The number of Topliss-reactive ketones (excluding diaryl/α,β-unsaturated/α-hetero) is 1. The van der Waals surface area contributed by atoms with Crippen LogP contribution in [0.5, 0.6) is 0 Å². The van der Waals surface area contributed by atoms with Gasteiger partial charge in [-0.05, 0) is 54.3 Å². The average Bonchev–Trinajstić information content (AvgIpc) is 2.73. The standard InChI is InChI=1S/C25H23NO2/c1-19(27)20-15-17-23(18-16-20)26-25(28)14-8-13-24(21-9-4-2-5-10-21)22-11-6-3-7-12-22/h2-7,9-13,15-18H,8,14H2,1H3,(H,26,28). The molecule has 0 radical (unpaired) electrons. The van der Waals surface area contributed by atoms with E-state index in [0.717, 1.165) is 16.7 Å². The molecule has 0 aliphatic heterocycles. The highest BCUT2D eigenvalue weighted by atomic mass is 16.1. The molecule has 1 amide bonds. The second-order valence-corrected chi connectivity index (χ2v) is 6.57. The van der Waals surface area contributed by atoms with Crippen LogP contribution in [0.2, 0.25) is 0 Å². The minimum atomic E-state index is -0.0488. The zero-order chi connectivity index (χ0) is 19.8. The summed E-state index contributed by atoms with van der Waals surface area (Å²) in [5.74, 6) is -0.0373. The molecule has 3 aromatic carbocycles. The summed E-state index contributed by atoms with van der Waals surface area (Å²) < 4.78 is 0. The summed E-state index contributed by atoms with van der Waals surface area (Å²) in [6.07, 6.45) is 3.14. The number of amides is 1. The number of benzene rings is 3. The molecule has 3 rings (SSSR count). The molecule has 0 fully saturated rings. The molecule has 1 N–H and O–H groups in total. The Morgan fingerprint density at radius 2 is 1.29 bits per heavy atom. The van der Waals surface area contributed by atoms with Crippen molar-refractivity contribution in [1.29, 1.82) is 0 Å². The highest BCUT2D eigenvalue weighted by molar-refractivity contribution is 5.95. The largest absolute Gasteiger partial charge is 0.326 e. The molecular formula is C25H23NO2. The van der Waals surface area contributed by atoms with Gasteiger partial charge in [-0.15, -0.1) is 0 Å². The lowest BCUT2D eigenvalue weighted by Crippen LogP contribution is -2.10. The van der Waals surface area contributed by atoms with E-state index < -0.39 is 0 Å². The molecule has 0 unspecified atom stereocenters. The number of nitrogens with one attached hydrogen (secondary N) is 1. The van der Waals surface area contributed by atoms with E-state index in [1.54, 1.807) is 24.3 Å². The summed E-state index contributed by atoms with van der Waals surface area (Å²) in [6, 6.07) is 27.3. The van der Waals surface area contributed by atoms with E-state index in [1.165, 1.54) is 6.92 Å². The van der Waals surface area contributed by atoms with Crippen molar-refractivity contribution in [1.82, 2.24) is 0 Å². The van der Waals surface area contributed by atoms with Crippen LogP contribution in [-0.2, 0) is 4.79 Å². The van der Waals surface area contributed by atoms with E-state index in [9.17, 15) is 9.59 Å². The number of carbonyl (C=O) groups excluding carboxylic acids is 2. The number of rotatable bonds is 7. The van der Waals surface area contributed by atoms with Crippen molar-refractivity contribution in [2.45, 2.75) is 19.8 Å². The Balaban J connectivity index is 1.66. The summed E-state index contributed by atoms with van der Waals surface area (Å²) >= 11 is 0. The number of hydrogen-bond donors (Lipinski definition) is 1. The fraction of sp³-hybridized carbons (Fsp3) is 0.120. The Morgan fingerprint density at radius 1 is 0.750 bits per heavy atom. The molecule has 0 bridgehead atoms. The lowest BCUT2D eigenvalue weighted by atomic mass is 9.96. The summed E-state index contributed by atoms with van der Waals surface area (Å²) in [6.45, 7) is 1.52. The highest BCUT2D eigenvalue weighted by Crippen LogP contribution is 2.24. The topological polar surface area (TPSA) is 46.2 Å². The molecule has 0 atom stereocenters. The molecule has 140 valence electrons. The third-order valence-corrected chi connectivity index (χ3v) is 4.46. The highest BCUT2D eigenvalue weighted by Gasteiger charge is 2.06. The molecule has 0 aliphatic rings. The second kappa shape index (κ2) is 9.47. The molecule has 0 saturated carbocycles. The van der Waals surface area contributed by atoms with E-state index in [4.69, 9.17) is 0 Å². The van der Waals surface area contributed by atoms with Crippen molar-refractivity contribution < 1.29 is 9.59 Å². The van der Waals surface area contributed by atoms with Gasteiger partial charge in [0.15, 0.2) is 5.78 Å². The first kappa shape index (κ1) is 19.3. The summed E-state index contributed by atoms with van der Waals surface area (Å²) in [5, 5.41) is 2.88. The molecule has 0 aliphatic carbocycles. The Kier molecular flexibility index (Phi) is 6.53. The fourth-order valence-corrected chi connectivity index (χ4v) is 3.00. The van der Waals surface area contributed by atoms with Gasteiger partial charge in [0.25, 0.3) is 0 Å². The summed E-state index contributed by atoms with van der Waals surface area (Å²) in [5.41, 5.74) is 4.73. The normalized spacial score (nSPS) is 10.2. The van der Waals surface area contributed by atoms with E-state index >= 15 is 0 Å². The quantitative estimate of drug-likeness (QED) is 0.540. The third-order valence-electron chi connectivity index (χ3n) is 4.46. The van der Waals surface area contributed by atoms with Crippen LogP contribution in [-0.4, -0.2) is 11.7 Å². The zero-order valence-corrected chi connectivity index (χ0v) is 15.9. The smallest absolute Gasteiger partial charge is 0.224 e. The predicted octanol–water partition coefficient (Wildman–Crippen LogP) is 5.74. The van der Waals surface area contributed by atoms with E-state index in [0.29, 0.717) is 24.1 Å². The van der Waals surface area contributed by atoms with Gasteiger partial charge in [0.05, 0.1) is 0 Å². The summed E-state index contributed by atoms with van der Waals surface area (Å²) in [4.78, 5) is 23.6. The minimum absolute atomic E-state index is 0.0115. The second-order valence-electron chi connectivity index (χ2n) is 6.57. The van der Waals surface area contributed by atoms with Gasteiger partial charge in [-0.2, -0.15) is 0 Å². The van der Waals surface area contributed by atoms with Gasteiger partial charge in [0.2, 0.25) is 5.91 Å². The SMILES string of the molecule is CC(=O)c1ccc(NC(=O)CCC=C(c2ccccc2)c2ccccc2)cc1. The molecule has 28 heavy (non-hydrogen) atoms. The van der Waals surface area contributed by atoms with Crippen molar-refractivity contribution in [2.24, 2.45) is 0 Å². The van der Waals surface area contributed by atoms with Gasteiger partial charge >= 0.3 is 0 Å². The van der Waals surface area contributed by atoms with Crippen molar-refractivity contribution in [3.05, 3.63) is 108 Å². The van der Waals surface area contributed by atoms with Crippen molar-refractivity contribution >= 4 is 23.0 Å². The van der Waals surface area contributed by atoms with Gasteiger partial charge in [-0.25, -0.2) is 0 Å². The van der Waals surface area contributed by atoms with Crippen LogP contribution in [0.25, 0.3) is 5.57 Å². The first-order chi connectivity index (χ1) is 13.6. The van der Waals surface area contributed by atoms with Crippen LogP contribution in [0.1, 0.15) is 41.3 Å². The maximum atomic E-state index is 12.3. The van der Waals surface area contributed by atoms with E-state index in [-0.39, 0.29) is 11.7 Å². The average molecular weight is 369 g/mol. The van der Waals surface area contributed by atoms with Crippen molar-refractivity contribution in [3.8, 4) is 0 Å². The minimum Gasteiger partial charge on any atom is -0.326 e. The van der Waals surface area contributed by atoms with Crippen LogP contribution < -0.4 is 5.32 Å². The Hall–Kier alpha value is -3.46. The third kappa shape index (κ3) is 5.27. The Labute approximate surface area is 165 Å². The monoisotopic (exact) mass is 369 g/mol. The summed E-state index contributed by atoms with van der Waals surface area (Å²) in [7, 11) is 0. The van der Waals surface area contributed by atoms with Gasteiger partial charge in [0, 0.05) is 17.7 Å². The Morgan fingerprint density at radius 3 is 1.79 bits per heavy atom. The molecule has 0 aromatic heterocycles. The Bertz CT molecular complexity index is 917. The van der Waals surface area contributed by atoms with Crippen LogP contribution in [0.3, 0.4) is 0 Å². The lowest BCUT2D eigenvalue weighted by Gasteiger charge is -2.09. The van der Waals surface area contributed by atoms with Crippen molar-refractivity contribution in [3.63, 3.8) is 0 Å². The lowest BCUT2D eigenvalue weighted by molar-refractivity contribution is -0.116. The number of carbonyl (C=O) groups is 2. The van der Waals surface area contributed by atoms with Crippen LogP contribution in [0.15, 0.2) is 91.0 Å². The zero-order valence-electron chi connectivity index (χ0n) is 15.9. The van der Waals surface area contributed by atoms with Gasteiger partial charge in [-0.1, -0.05) is 66.7 Å². The number of hydrogen-bond acceptors (Lipinski definition) is 2. The van der Waals surface area contributed by atoms with Crippen LogP contribution in [0.4, 0.5) is 5.69 Å². The van der Waals surface area contributed by atoms with Crippen molar-refractivity contribution in [2.75, 3.05) is 5.32 Å². The fourth-order valence-electron chi connectivity index (χ4n) is 3.00.